The van der Waals surface area contributed by atoms with Crippen LogP contribution in [-0.2, 0) is 6.54 Å². The zero-order chi connectivity index (χ0) is 16.4. The molecule has 0 unspecified atom stereocenters. The standard InChI is InChI=1S/C18H13N3O2S/c22-17(18-20-14-8-4-5-9-16(14)24-18)19-11-13-10-15(23-21-13)12-6-2-1-3-7-12/h1-10H,11H2,(H,19,22). The van der Waals surface area contributed by atoms with Crippen LogP contribution in [0, 0.1) is 0 Å². The first-order valence-electron chi connectivity index (χ1n) is 7.44. The lowest BCUT2D eigenvalue weighted by atomic mass is 10.2. The average Bonchev–Trinajstić information content (AvgIpc) is 3.27. The molecule has 2 aromatic carbocycles. The van der Waals surface area contributed by atoms with E-state index in [2.05, 4.69) is 15.5 Å². The lowest BCUT2D eigenvalue weighted by molar-refractivity contribution is 0.0950. The van der Waals surface area contributed by atoms with E-state index in [-0.39, 0.29) is 5.91 Å². The Bertz CT molecular complexity index is 959. The second-order valence-electron chi connectivity index (χ2n) is 5.22. The van der Waals surface area contributed by atoms with Gasteiger partial charge < -0.3 is 9.84 Å². The summed E-state index contributed by atoms with van der Waals surface area (Å²) in [5.41, 5.74) is 2.46. The quantitative estimate of drug-likeness (QED) is 0.614. The van der Waals surface area contributed by atoms with Crippen LogP contribution in [0.1, 0.15) is 15.5 Å². The number of nitrogens with zero attached hydrogens (tertiary/aromatic N) is 2. The molecule has 0 spiro atoms. The van der Waals surface area contributed by atoms with E-state index >= 15 is 0 Å². The van der Waals surface area contributed by atoms with E-state index in [1.54, 1.807) is 0 Å². The molecule has 1 amide bonds. The fourth-order valence-corrected chi connectivity index (χ4v) is 3.23. The predicted octanol–water partition coefficient (Wildman–Crippen LogP) is 3.88. The Morgan fingerprint density at radius 1 is 1.08 bits per heavy atom. The van der Waals surface area contributed by atoms with Crippen molar-refractivity contribution in [1.82, 2.24) is 15.5 Å². The normalized spacial score (nSPS) is 10.8. The van der Waals surface area contributed by atoms with Crippen molar-refractivity contribution in [1.29, 1.82) is 0 Å². The summed E-state index contributed by atoms with van der Waals surface area (Å²) in [5.74, 6) is 0.472. The molecule has 0 radical (unpaired) electrons. The van der Waals surface area contributed by atoms with Gasteiger partial charge in [0.05, 0.1) is 16.8 Å². The lowest BCUT2D eigenvalue weighted by Gasteiger charge is -1.98. The molecule has 0 aliphatic rings. The highest BCUT2D eigenvalue weighted by Gasteiger charge is 2.13. The van der Waals surface area contributed by atoms with Crippen LogP contribution in [0.4, 0.5) is 0 Å². The third kappa shape index (κ3) is 2.91. The smallest absolute Gasteiger partial charge is 0.280 e. The Hall–Kier alpha value is -2.99. The first-order chi connectivity index (χ1) is 11.8. The van der Waals surface area contributed by atoms with Crippen molar-refractivity contribution >= 4 is 27.5 Å². The predicted molar refractivity (Wildman–Crippen MR) is 92.7 cm³/mol. The zero-order valence-corrected chi connectivity index (χ0v) is 13.4. The van der Waals surface area contributed by atoms with E-state index in [0.717, 1.165) is 15.8 Å². The molecular weight excluding hydrogens is 322 g/mol. The van der Waals surface area contributed by atoms with Gasteiger partial charge in [-0.15, -0.1) is 11.3 Å². The fraction of sp³-hybridized carbons (Fsp3) is 0.0556. The van der Waals surface area contributed by atoms with Crippen molar-refractivity contribution in [3.63, 3.8) is 0 Å². The Labute approximate surface area is 141 Å². The molecule has 4 aromatic rings. The molecule has 2 aromatic heterocycles. The highest BCUT2D eigenvalue weighted by Crippen LogP contribution is 2.22. The van der Waals surface area contributed by atoms with Crippen LogP contribution in [0.2, 0.25) is 0 Å². The number of amides is 1. The molecule has 0 saturated carbocycles. The van der Waals surface area contributed by atoms with Crippen LogP contribution in [0.25, 0.3) is 21.5 Å². The van der Waals surface area contributed by atoms with Gasteiger partial charge in [0.15, 0.2) is 10.8 Å². The van der Waals surface area contributed by atoms with Gasteiger partial charge in [-0.05, 0) is 12.1 Å². The number of carbonyl (C=O) groups is 1. The number of para-hydroxylation sites is 1. The summed E-state index contributed by atoms with van der Waals surface area (Å²) in [6.45, 7) is 0.297. The summed E-state index contributed by atoms with van der Waals surface area (Å²) in [4.78, 5) is 16.6. The Balaban J connectivity index is 1.45. The Kier molecular flexibility index (Phi) is 3.80. The number of benzene rings is 2. The highest BCUT2D eigenvalue weighted by molar-refractivity contribution is 7.20. The summed E-state index contributed by atoms with van der Waals surface area (Å²) < 4.78 is 6.32. The Morgan fingerprint density at radius 3 is 2.71 bits per heavy atom. The number of thiazole rings is 1. The number of nitrogens with one attached hydrogen (secondary N) is 1. The second-order valence-corrected chi connectivity index (χ2v) is 6.25. The number of carbonyl (C=O) groups excluding carboxylic acids is 1. The molecule has 0 fully saturated rings. The molecule has 0 aliphatic heterocycles. The summed E-state index contributed by atoms with van der Waals surface area (Å²) in [6.07, 6.45) is 0. The summed E-state index contributed by atoms with van der Waals surface area (Å²) in [6, 6.07) is 19.2. The van der Waals surface area contributed by atoms with Gasteiger partial charge in [0.1, 0.15) is 5.69 Å². The highest BCUT2D eigenvalue weighted by atomic mass is 32.1. The number of hydrogen-bond donors (Lipinski definition) is 1. The topological polar surface area (TPSA) is 68.0 Å². The maximum atomic E-state index is 12.2. The molecule has 118 valence electrons. The fourth-order valence-electron chi connectivity index (χ4n) is 2.35. The van der Waals surface area contributed by atoms with Crippen molar-refractivity contribution in [3.8, 4) is 11.3 Å². The molecule has 0 saturated heterocycles. The second kappa shape index (κ2) is 6.25. The first-order valence-corrected chi connectivity index (χ1v) is 8.26. The van der Waals surface area contributed by atoms with E-state index in [4.69, 9.17) is 4.52 Å². The Morgan fingerprint density at radius 2 is 1.88 bits per heavy atom. The molecule has 0 aliphatic carbocycles. The van der Waals surface area contributed by atoms with E-state index in [0.29, 0.717) is 23.0 Å². The van der Waals surface area contributed by atoms with Crippen molar-refractivity contribution in [3.05, 3.63) is 71.4 Å². The molecule has 1 N–H and O–H groups in total. The number of rotatable bonds is 4. The maximum absolute atomic E-state index is 12.2. The van der Waals surface area contributed by atoms with E-state index in [1.807, 2.05) is 60.7 Å². The zero-order valence-electron chi connectivity index (χ0n) is 12.6. The minimum atomic E-state index is -0.208. The largest absolute Gasteiger partial charge is 0.356 e. The monoisotopic (exact) mass is 335 g/mol. The van der Waals surface area contributed by atoms with Crippen molar-refractivity contribution in [2.75, 3.05) is 0 Å². The van der Waals surface area contributed by atoms with Gasteiger partial charge >= 0.3 is 0 Å². The van der Waals surface area contributed by atoms with Crippen molar-refractivity contribution in [2.24, 2.45) is 0 Å². The number of aromatic nitrogens is 2. The van der Waals surface area contributed by atoms with Crippen molar-refractivity contribution < 1.29 is 9.32 Å². The van der Waals surface area contributed by atoms with Gasteiger partial charge in [0, 0.05) is 11.6 Å². The SMILES string of the molecule is O=C(NCc1cc(-c2ccccc2)on1)c1nc2ccccc2s1. The van der Waals surface area contributed by atoms with Crippen LogP contribution in [-0.4, -0.2) is 16.0 Å². The van der Waals surface area contributed by atoms with Crippen LogP contribution in [0.3, 0.4) is 0 Å². The summed E-state index contributed by atoms with van der Waals surface area (Å²) in [7, 11) is 0. The average molecular weight is 335 g/mol. The van der Waals surface area contributed by atoms with Crippen molar-refractivity contribution in [2.45, 2.75) is 6.54 Å². The van der Waals surface area contributed by atoms with Gasteiger partial charge in [-0.25, -0.2) is 4.98 Å². The lowest BCUT2D eigenvalue weighted by Crippen LogP contribution is -2.22. The van der Waals surface area contributed by atoms with Crippen LogP contribution >= 0.6 is 11.3 Å². The van der Waals surface area contributed by atoms with Gasteiger partial charge in [0.25, 0.3) is 5.91 Å². The molecule has 0 atom stereocenters. The van der Waals surface area contributed by atoms with Crippen LogP contribution in [0.5, 0.6) is 0 Å². The summed E-state index contributed by atoms with van der Waals surface area (Å²) >= 11 is 1.38. The third-order valence-corrected chi connectivity index (χ3v) is 4.57. The molecule has 4 rings (SSSR count). The van der Waals surface area contributed by atoms with E-state index in [1.165, 1.54) is 11.3 Å². The van der Waals surface area contributed by atoms with Gasteiger partial charge in [-0.2, -0.15) is 0 Å². The number of fused-ring (bicyclic) bond motifs is 1. The number of hydrogen-bond acceptors (Lipinski definition) is 5. The van der Waals surface area contributed by atoms with E-state index < -0.39 is 0 Å². The molecule has 6 heteroatoms. The van der Waals surface area contributed by atoms with E-state index in [9.17, 15) is 4.79 Å². The molecule has 24 heavy (non-hydrogen) atoms. The van der Waals surface area contributed by atoms with Gasteiger partial charge in [0.2, 0.25) is 0 Å². The molecule has 5 nitrogen and oxygen atoms in total. The van der Waals surface area contributed by atoms with Crippen LogP contribution in [0.15, 0.2) is 65.2 Å². The van der Waals surface area contributed by atoms with Gasteiger partial charge in [-0.3, -0.25) is 4.79 Å². The molecular formula is C18H13N3O2S. The summed E-state index contributed by atoms with van der Waals surface area (Å²) in [5, 5.41) is 7.27. The molecule has 2 heterocycles. The third-order valence-electron chi connectivity index (χ3n) is 3.54. The minimum absolute atomic E-state index is 0.208. The minimum Gasteiger partial charge on any atom is -0.356 e. The maximum Gasteiger partial charge on any atom is 0.280 e. The first kappa shape index (κ1) is 14.6. The van der Waals surface area contributed by atoms with Crippen LogP contribution < -0.4 is 5.32 Å². The molecule has 0 bridgehead atoms. The van der Waals surface area contributed by atoms with Gasteiger partial charge in [-0.1, -0.05) is 47.6 Å².